The molecule has 1 saturated carbocycles. The highest BCUT2D eigenvalue weighted by molar-refractivity contribution is 5.96. The summed E-state index contributed by atoms with van der Waals surface area (Å²) in [6.45, 7) is 0.744. The number of phenolic OH excluding ortho intramolecular Hbond substituents is 1. The van der Waals surface area contributed by atoms with Crippen LogP contribution in [-0.4, -0.2) is 17.6 Å². The topological polar surface area (TPSA) is 40.5 Å². The molecule has 0 unspecified atom stereocenters. The molecule has 2 aliphatic rings. The Morgan fingerprint density at radius 2 is 2.00 bits per heavy atom. The molecule has 1 amide bonds. The van der Waals surface area contributed by atoms with Gasteiger partial charge < -0.3 is 10.0 Å². The Balaban J connectivity index is 1.66. The lowest BCUT2D eigenvalue weighted by Gasteiger charge is -2.31. The molecule has 0 atom stereocenters. The van der Waals surface area contributed by atoms with Gasteiger partial charge in [0.05, 0.1) is 5.69 Å². The quantitative estimate of drug-likeness (QED) is 0.911. The van der Waals surface area contributed by atoms with Gasteiger partial charge in [-0.1, -0.05) is 44.2 Å². The lowest BCUT2D eigenvalue weighted by atomic mass is 9.86. The summed E-state index contributed by atoms with van der Waals surface area (Å²) in [5.41, 5.74) is 1.87. The first-order valence-corrected chi connectivity index (χ1v) is 8.37. The highest BCUT2D eigenvalue weighted by atomic mass is 16.3. The van der Waals surface area contributed by atoms with Crippen molar-refractivity contribution < 1.29 is 9.90 Å². The van der Waals surface area contributed by atoms with Crippen molar-refractivity contribution >= 4 is 11.6 Å². The van der Waals surface area contributed by atoms with E-state index in [1.807, 2.05) is 17.0 Å². The largest absolute Gasteiger partial charge is 0.506 e. The Bertz CT molecular complexity index is 506. The SMILES string of the molecule is O=C(CCC1CCCCC1)N1CCCc2cccc(O)c21. The third-order valence-electron chi connectivity index (χ3n) is 4.99. The van der Waals surface area contributed by atoms with Crippen LogP contribution in [0.5, 0.6) is 5.75 Å². The maximum Gasteiger partial charge on any atom is 0.227 e. The first-order valence-electron chi connectivity index (χ1n) is 8.37. The number of carbonyl (C=O) groups excluding carboxylic acids is 1. The normalized spacial score (nSPS) is 19.3. The number of nitrogens with zero attached hydrogens (tertiary/aromatic N) is 1. The summed E-state index contributed by atoms with van der Waals surface area (Å²) >= 11 is 0. The predicted molar refractivity (Wildman–Crippen MR) is 84.6 cm³/mol. The molecule has 1 fully saturated rings. The zero-order chi connectivity index (χ0) is 14.7. The molecule has 3 heteroatoms. The van der Waals surface area contributed by atoms with Crippen LogP contribution in [0.1, 0.15) is 56.9 Å². The summed E-state index contributed by atoms with van der Waals surface area (Å²) in [4.78, 5) is 14.4. The van der Waals surface area contributed by atoms with Gasteiger partial charge in [0, 0.05) is 13.0 Å². The lowest BCUT2D eigenvalue weighted by Crippen LogP contribution is -2.35. The minimum absolute atomic E-state index is 0.183. The van der Waals surface area contributed by atoms with Gasteiger partial charge in [-0.3, -0.25) is 4.79 Å². The molecule has 1 aromatic rings. The molecular weight excluding hydrogens is 262 g/mol. The number of para-hydroxylation sites is 1. The highest BCUT2D eigenvalue weighted by Crippen LogP contribution is 2.36. The van der Waals surface area contributed by atoms with Crippen LogP contribution < -0.4 is 4.90 Å². The molecule has 1 aliphatic heterocycles. The van der Waals surface area contributed by atoms with E-state index in [0.717, 1.165) is 43.0 Å². The molecular formula is C18H25NO2. The van der Waals surface area contributed by atoms with Gasteiger partial charge in [-0.25, -0.2) is 0 Å². The van der Waals surface area contributed by atoms with Crippen molar-refractivity contribution in [2.75, 3.05) is 11.4 Å². The Kier molecular flexibility index (Phi) is 4.47. The number of carbonyl (C=O) groups is 1. The van der Waals surface area contributed by atoms with Crippen LogP contribution in [-0.2, 0) is 11.2 Å². The molecule has 3 nitrogen and oxygen atoms in total. The number of hydrogen-bond donors (Lipinski definition) is 1. The molecule has 21 heavy (non-hydrogen) atoms. The molecule has 1 N–H and O–H groups in total. The summed E-state index contributed by atoms with van der Waals surface area (Å²) < 4.78 is 0. The van der Waals surface area contributed by atoms with Crippen LogP contribution in [0.25, 0.3) is 0 Å². The van der Waals surface area contributed by atoms with Gasteiger partial charge in [-0.15, -0.1) is 0 Å². The molecule has 1 heterocycles. The maximum absolute atomic E-state index is 12.6. The zero-order valence-electron chi connectivity index (χ0n) is 12.7. The molecule has 1 aromatic carbocycles. The van der Waals surface area contributed by atoms with Crippen molar-refractivity contribution in [2.24, 2.45) is 5.92 Å². The summed E-state index contributed by atoms with van der Waals surface area (Å²) in [5.74, 6) is 1.16. The Morgan fingerprint density at radius 3 is 2.81 bits per heavy atom. The average molecular weight is 287 g/mol. The molecule has 3 rings (SSSR count). The van der Waals surface area contributed by atoms with Gasteiger partial charge in [-0.05, 0) is 36.8 Å². The van der Waals surface area contributed by atoms with Gasteiger partial charge in [0.2, 0.25) is 5.91 Å². The van der Waals surface area contributed by atoms with Gasteiger partial charge in [0.15, 0.2) is 0 Å². The lowest BCUT2D eigenvalue weighted by molar-refractivity contribution is -0.119. The molecule has 0 saturated heterocycles. The van der Waals surface area contributed by atoms with E-state index in [-0.39, 0.29) is 11.7 Å². The van der Waals surface area contributed by atoms with E-state index in [4.69, 9.17) is 0 Å². The van der Waals surface area contributed by atoms with Crippen molar-refractivity contribution in [1.82, 2.24) is 0 Å². The minimum Gasteiger partial charge on any atom is -0.506 e. The van der Waals surface area contributed by atoms with E-state index < -0.39 is 0 Å². The van der Waals surface area contributed by atoms with Gasteiger partial charge in [-0.2, -0.15) is 0 Å². The Hall–Kier alpha value is -1.51. The predicted octanol–water partition coefficient (Wildman–Crippen LogP) is 4.03. The first kappa shape index (κ1) is 14.4. The second-order valence-electron chi connectivity index (χ2n) is 6.48. The highest BCUT2D eigenvalue weighted by Gasteiger charge is 2.25. The van der Waals surface area contributed by atoms with Gasteiger partial charge >= 0.3 is 0 Å². The number of hydrogen-bond acceptors (Lipinski definition) is 2. The van der Waals surface area contributed by atoms with Crippen LogP contribution in [0.2, 0.25) is 0 Å². The summed E-state index contributed by atoms with van der Waals surface area (Å²) in [6.07, 6.45) is 10.2. The van der Waals surface area contributed by atoms with Crippen LogP contribution in [0.3, 0.4) is 0 Å². The van der Waals surface area contributed by atoms with Crippen LogP contribution in [0, 0.1) is 5.92 Å². The number of anilines is 1. The fourth-order valence-electron chi connectivity index (χ4n) is 3.82. The summed E-state index contributed by atoms with van der Waals surface area (Å²) in [7, 11) is 0. The number of fused-ring (bicyclic) bond motifs is 1. The standard InChI is InChI=1S/C18H25NO2/c20-16-10-4-8-15-9-5-13-19(18(15)16)17(21)12-11-14-6-2-1-3-7-14/h4,8,10,14,20H,1-3,5-7,9,11-13H2. The van der Waals surface area contributed by atoms with E-state index in [1.54, 1.807) is 6.07 Å². The molecule has 0 radical (unpaired) electrons. The molecule has 114 valence electrons. The number of phenols is 1. The van der Waals surface area contributed by atoms with Crippen molar-refractivity contribution in [2.45, 2.75) is 57.8 Å². The van der Waals surface area contributed by atoms with Crippen molar-refractivity contribution in [3.8, 4) is 5.75 Å². The summed E-state index contributed by atoms with van der Waals surface area (Å²) in [5, 5.41) is 10.1. The first-order chi connectivity index (χ1) is 10.3. The van der Waals surface area contributed by atoms with Crippen LogP contribution in [0.15, 0.2) is 18.2 Å². The van der Waals surface area contributed by atoms with Crippen LogP contribution in [0.4, 0.5) is 5.69 Å². The number of benzene rings is 1. The number of aromatic hydroxyl groups is 1. The monoisotopic (exact) mass is 287 g/mol. The second kappa shape index (κ2) is 6.50. The van der Waals surface area contributed by atoms with E-state index >= 15 is 0 Å². The van der Waals surface area contributed by atoms with Gasteiger partial charge in [0.1, 0.15) is 5.75 Å². The average Bonchev–Trinajstić information content (AvgIpc) is 2.53. The molecule has 0 spiro atoms. The third kappa shape index (κ3) is 3.22. The fourth-order valence-corrected chi connectivity index (χ4v) is 3.82. The Labute approximate surface area is 127 Å². The van der Waals surface area contributed by atoms with E-state index in [9.17, 15) is 9.90 Å². The smallest absolute Gasteiger partial charge is 0.227 e. The van der Waals surface area contributed by atoms with Crippen molar-refractivity contribution in [3.63, 3.8) is 0 Å². The van der Waals surface area contributed by atoms with E-state index in [1.165, 1.54) is 32.1 Å². The third-order valence-corrected chi connectivity index (χ3v) is 4.99. The second-order valence-corrected chi connectivity index (χ2v) is 6.48. The minimum atomic E-state index is 0.183. The summed E-state index contributed by atoms with van der Waals surface area (Å²) in [6, 6.07) is 5.57. The number of rotatable bonds is 3. The van der Waals surface area contributed by atoms with Gasteiger partial charge in [0.25, 0.3) is 0 Å². The van der Waals surface area contributed by atoms with Crippen molar-refractivity contribution in [1.29, 1.82) is 0 Å². The molecule has 0 bridgehead atoms. The molecule has 0 aromatic heterocycles. The van der Waals surface area contributed by atoms with Crippen LogP contribution >= 0.6 is 0 Å². The fraction of sp³-hybridized carbons (Fsp3) is 0.611. The van der Waals surface area contributed by atoms with E-state index in [0.29, 0.717) is 6.42 Å². The van der Waals surface area contributed by atoms with E-state index in [2.05, 4.69) is 0 Å². The van der Waals surface area contributed by atoms with Crippen molar-refractivity contribution in [3.05, 3.63) is 23.8 Å². The molecule has 1 aliphatic carbocycles. The maximum atomic E-state index is 12.6. The number of amides is 1. The number of aryl methyl sites for hydroxylation is 1. The zero-order valence-corrected chi connectivity index (χ0v) is 12.7. The Morgan fingerprint density at radius 1 is 1.19 bits per heavy atom.